The van der Waals surface area contributed by atoms with Gasteiger partial charge in [0.2, 0.25) is 0 Å². The number of rotatable bonds is 5. The Bertz CT molecular complexity index is 709. The van der Waals surface area contributed by atoms with E-state index < -0.39 is 0 Å². The van der Waals surface area contributed by atoms with Gasteiger partial charge in [0.15, 0.2) is 5.78 Å². The van der Waals surface area contributed by atoms with Gasteiger partial charge < -0.3 is 0 Å². The zero-order chi connectivity index (χ0) is 14.9. The standard InChI is InChI=1S/C17H13N3O/c18-20-19-16-10-6-15(7-11-16)9-13-17(21)12-8-14-4-2-1-3-5-14/h1-13H. The summed E-state index contributed by atoms with van der Waals surface area (Å²) in [5, 5.41) is 3.48. The second-order valence-corrected chi connectivity index (χ2v) is 4.26. The van der Waals surface area contributed by atoms with E-state index in [9.17, 15) is 4.79 Å². The lowest BCUT2D eigenvalue weighted by Gasteiger charge is -1.94. The van der Waals surface area contributed by atoms with Crippen molar-refractivity contribution in [3.8, 4) is 0 Å². The van der Waals surface area contributed by atoms with E-state index in [4.69, 9.17) is 5.53 Å². The summed E-state index contributed by atoms with van der Waals surface area (Å²) >= 11 is 0. The maximum absolute atomic E-state index is 11.7. The Balaban J connectivity index is 1.98. The number of ketones is 1. The van der Waals surface area contributed by atoms with E-state index >= 15 is 0 Å². The van der Waals surface area contributed by atoms with Gasteiger partial charge in [-0.25, -0.2) is 0 Å². The normalized spacial score (nSPS) is 10.7. The molecule has 0 radical (unpaired) electrons. The summed E-state index contributed by atoms with van der Waals surface area (Å²) in [6, 6.07) is 16.6. The molecular formula is C17H13N3O. The molecule has 2 aromatic rings. The third kappa shape index (κ3) is 4.82. The van der Waals surface area contributed by atoms with Crippen molar-refractivity contribution in [3.63, 3.8) is 0 Å². The molecule has 0 N–H and O–H groups in total. The SMILES string of the molecule is [N-]=[N+]=Nc1ccc(C=CC(=O)C=Cc2ccccc2)cc1. The monoisotopic (exact) mass is 275 g/mol. The highest BCUT2D eigenvalue weighted by Gasteiger charge is 1.92. The van der Waals surface area contributed by atoms with Gasteiger partial charge in [0.25, 0.3) is 0 Å². The van der Waals surface area contributed by atoms with Crippen LogP contribution in [0.2, 0.25) is 0 Å². The molecule has 0 atom stereocenters. The van der Waals surface area contributed by atoms with Crippen molar-refractivity contribution in [2.75, 3.05) is 0 Å². The number of hydrogen-bond acceptors (Lipinski definition) is 2. The van der Waals surface area contributed by atoms with Crippen LogP contribution < -0.4 is 0 Å². The first-order chi connectivity index (χ1) is 10.3. The van der Waals surface area contributed by atoms with Crippen molar-refractivity contribution in [1.82, 2.24) is 0 Å². The first-order valence-corrected chi connectivity index (χ1v) is 6.38. The molecule has 0 amide bonds. The van der Waals surface area contributed by atoms with Gasteiger partial charge in [-0.2, -0.15) is 0 Å². The van der Waals surface area contributed by atoms with Gasteiger partial charge in [0, 0.05) is 10.6 Å². The lowest BCUT2D eigenvalue weighted by Crippen LogP contribution is -1.84. The minimum Gasteiger partial charge on any atom is -0.290 e. The van der Waals surface area contributed by atoms with Crippen LogP contribution in [0.25, 0.3) is 22.6 Å². The van der Waals surface area contributed by atoms with Crippen LogP contribution in [0.5, 0.6) is 0 Å². The maximum Gasteiger partial charge on any atom is 0.178 e. The molecule has 4 heteroatoms. The Hall–Kier alpha value is -3.10. The molecular weight excluding hydrogens is 262 g/mol. The number of azide groups is 1. The molecule has 0 aliphatic rings. The van der Waals surface area contributed by atoms with Gasteiger partial charge in [0.1, 0.15) is 0 Å². The van der Waals surface area contributed by atoms with Crippen LogP contribution in [-0.2, 0) is 4.79 Å². The van der Waals surface area contributed by atoms with Crippen molar-refractivity contribution in [2.24, 2.45) is 5.11 Å². The summed E-state index contributed by atoms with van der Waals surface area (Å²) in [4.78, 5) is 14.4. The quantitative estimate of drug-likeness (QED) is 0.330. The number of allylic oxidation sites excluding steroid dienone is 2. The molecule has 0 heterocycles. The highest BCUT2D eigenvalue weighted by Crippen LogP contribution is 2.14. The third-order valence-corrected chi connectivity index (χ3v) is 2.73. The second kappa shape index (κ2) is 7.48. The van der Waals surface area contributed by atoms with Gasteiger partial charge in [-0.05, 0) is 28.8 Å². The molecule has 21 heavy (non-hydrogen) atoms. The molecule has 0 saturated heterocycles. The first kappa shape index (κ1) is 14.3. The highest BCUT2D eigenvalue weighted by molar-refractivity contribution is 6.04. The fourth-order valence-corrected chi connectivity index (χ4v) is 1.68. The van der Waals surface area contributed by atoms with Crippen molar-refractivity contribution >= 4 is 23.6 Å². The highest BCUT2D eigenvalue weighted by atomic mass is 16.1. The second-order valence-electron chi connectivity index (χ2n) is 4.26. The Morgan fingerprint density at radius 3 is 2.05 bits per heavy atom. The molecule has 0 aromatic heterocycles. The predicted molar refractivity (Wildman–Crippen MR) is 84.8 cm³/mol. The topological polar surface area (TPSA) is 65.8 Å². The number of nitrogens with zero attached hydrogens (tertiary/aromatic N) is 3. The molecule has 0 unspecified atom stereocenters. The van der Waals surface area contributed by atoms with E-state index in [1.807, 2.05) is 30.3 Å². The Kier molecular flexibility index (Phi) is 5.10. The van der Waals surface area contributed by atoms with Crippen LogP contribution in [0.15, 0.2) is 71.9 Å². The summed E-state index contributed by atoms with van der Waals surface area (Å²) in [5.74, 6) is -0.0852. The van der Waals surface area contributed by atoms with Gasteiger partial charge >= 0.3 is 0 Å². The lowest BCUT2D eigenvalue weighted by molar-refractivity contribution is -0.110. The third-order valence-electron chi connectivity index (χ3n) is 2.73. The van der Waals surface area contributed by atoms with Gasteiger partial charge in [-0.15, -0.1) is 0 Å². The van der Waals surface area contributed by atoms with Gasteiger partial charge in [0.05, 0.1) is 0 Å². The minimum absolute atomic E-state index is 0.0852. The van der Waals surface area contributed by atoms with Crippen molar-refractivity contribution in [1.29, 1.82) is 0 Å². The molecule has 102 valence electrons. The zero-order valence-electron chi connectivity index (χ0n) is 11.3. The maximum atomic E-state index is 11.7. The Morgan fingerprint density at radius 2 is 1.48 bits per heavy atom. The van der Waals surface area contributed by atoms with Crippen LogP contribution in [-0.4, -0.2) is 5.78 Å². The summed E-state index contributed by atoms with van der Waals surface area (Å²) in [6.45, 7) is 0. The van der Waals surface area contributed by atoms with Gasteiger partial charge in [-0.1, -0.05) is 71.9 Å². The number of hydrogen-bond donors (Lipinski definition) is 0. The Morgan fingerprint density at radius 1 is 0.905 bits per heavy atom. The fourth-order valence-electron chi connectivity index (χ4n) is 1.68. The lowest BCUT2D eigenvalue weighted by atomic mass is 10.1. The van der Waals surface area contributed by atoms with Crippen molar-refractivity contribution in [3.05, 3.63) is 88.3 Å². The summed E-state index contributed by atoms with van der Waals surface area (Å²) in [6.07, 6.45) is 6.52. The average molecular weight is 275 g/mol. The molecule has 0 aliphatic carbocycles. The van der Waals surface area contributed by atoms with E-state index in [1.165, 1.54) is 12.2 Å². The molecule has 4 nitrogen and oxygen atoms in total. The molecule has 2 rings (SSSR count). The molecule has 2 aromatic carbocycles. The average Bonchev–Trinajstić information content (AvgIpc) is 2.53. The molecule has 0 aliphatic heterocycles. The van der Waals surface area contributed by atoms with E-state index in [2.05, 4.69) is 10.0 Å². The van der Waals surface area contributed by atoms with Crippen LogP contribution in [0.4, 0.5) is 5.69 Å². The van der Waals surface area contributed by atoms with Crippen molar-refractivity contribution in [2.45, 2.75) is 0 Å². The number of carbonyl (C=O) groups is 1. The largest absolute Gasteiger partial charge is 0.290 e. The number of benzene rings is 2. The summed E-state index contributed by atoms with van der Waals surface area (Å²) in [5.41, 5.74) is 10.7. The summed E-state index contributed by atoms with van der Waals surface area (Å²) < 4.78 is 0. The first-order valence-electron chi connectivity index (χ1n) is 6.38. The van der Waals surface area contributed by atoms with E-state index in [1.54, 1.807) is 36.4 Å². The molecule has 0 spiro atoms. The van der Waals surface area contributed by atoms with Crippen LogP contribution in [0, 0.1) is 0 Å². The van der Waals surface area contributed by atoms with E-state index in [-0.39, 0.29) is 5.78 Å². The van der Waals surface area contributed by atoms with Crippen LogP contribution in [0.3, 0.4) is 0 Å². The molecule has 0 bridgehead atoms. The molecule has 0 fully saturated rings. The minimum atomic E-state index is -0.0852. The number of carbonyl (C=O) groups excluding carboxylic acids is 1. The fraction of sp³-hybridized carbons (Fsp3) is 0. The molecule has 0 saturated carbocycles. The van der Waals surface area contributed by atoms with E-state index in [0.717, 1.165) is 11.1 Å². The zero-order valence-corrected chi connectivity index (χ0v) is 11.3. The van der Waals surface area contributed by atoms with Gasteiger partial charge in [-0.3, -0.25) is 4.79 Å². The van der Waals surface area contributed by atoms with Crippen LogP contribution in [0.1, 0.15) is 11.1 Å². The predicted octanol–water partition coefficient (Wildman–Crippen LogP) is 4.92. The van der Waals surface area contributed by atoms with E-state index in [0.29, 0.717) is 5.69 Å². The smallest absolute Gasteiger partial charge is 0.178 e. The van der Waals surface area contributed by atoms with Crippen LogP contribution >= 0.6 is 0 Å². The summed E-state index contributed by atoms with van der Waals surface area (Å²) in [7, 11) is 0. The van der Waals surface area contributed by atoms with Crippen molar-refractivity contribution < 1.29 is 4.79 Å². The Labute approximate surface area is 122 Å².